The van der Waals surface area contributed by atoms with Crippen molar-refractivity contribution in [2.75, 3.05) is 13.1 Å². The molecule has 0 amide bonds. The fourth-order valence-corrected chi connectivity index (χ4v) is 4.21. The largest absolute Gasteiger partial charge is 0.309 e. The Morgan fingerprint density at radius 2 is 1.67 bits per heavy atom. The molecule has 1 aliphatic heterocycles. The van der Waals surface area contributed by atoms with Crippen LogP contribution < -0.4 is 5.32 Å². The molecular formula is C19H28N2. The van der Waals surface area contributed by atoms with Crippen LogP contribution in [0.4, 0.5) is 0 Å². The molecule has 0 bridgehead atoms. The van der Waals surface area contributed by atoms with E-state index in [2.05, 4.69) is 54.4 Å². The van der Waals surface area contributed by atoms with E-state index in [1.807, 2.05) is 0 Å². The Morgan fingerprint density at radius 3 is 2.24 bits per heavy atom. The van der Waals surface area contributed by atoms with Gasteiger partial charge in [0.15, 0.2) is 0 Å². The summed E-state index contributed by atoms with van der Waals surface area (Å²) in [6, 6.07) is 12.5. The monoisotopic (exact) mass is 284 g/mol. The topological polar surface area (TPSA) is 15.3 Å². The van der Waals surface area contributed by atoms with Crippen molar-refractivity contribution >= 4 is 0 Å². The number of benzene rings is 1. The smallest absolute Gasteiger partial charge is 0.0476 e. The van der Waals surface area contributed by atoms with Crippen molar-refractivity contribution in [1.29, 1.82) is 0 Å². The molecule has 2 nitrogen and oxygen atoms in total. The molecular weight excluding hydrogens is 256 g/mol. The van der Waals surface area contributed by atoms with Crippen LogP contribution in [-0.4, -0.2) is 29.6 Å². The van der Waals surface area contributed by atoms with Gasteiger partial charge in [0.2, 0.25) is 0 Å². The van der Waals surface area contributed by atoms with Gasteiger partial charge < -0.3 is 5.32 Å². The summed E-state index contributed by atoms with van der Waals surface area (Å²) in [4.78, 5) is 2.88. The normalized spacial score (nSPS) is 29.8. The number of nitrogens with one attached hydrogen (secondary N) is 1. The van der Waals surface area contributed by atoms with Crippen LogP contribution in [-0.2, 0) is 0 Å². The molecule has 0 spiro atoms. The molecule has 21 heavy (non-hydrogen) atoms. The van der Waals surface area contributed by atoms with Gasteiger partial charge >= 0.3 is 0 Å². The van der Waals surface area contributed by atoms with E-state index in [4.69, 9.17) is 0 Å². The third kappa shape index (κ3) is 2.89. The number of nitrogens with zero attached hydrogens (tertiary/aromatic N) is 1. The quantitative estimate of drug-likeness (QED) is 0.909. The first kappa shape index (κ1) is 13.8. The van der Waals surface area contributed by atoms with Gasteiger partial charge in [-0.15, -0.1) is 0 Å². The Labute approximate surface area is 128 Å². The number of rotatable bonds is 4. The minimum absolute atomic E-state index is 0.243. The summed E-state index contributed by atoms with van der Waals surface area (Å²) in [5.41, 5.74) is 1.74. The predicted octanol–water partition coefficient (Wildman–Crippen LogP) is 3.60. The summed E-state index contributed by atoms with van der Waals surface area (Å²) in [5.74, 6) is 1.97. The Morgan fingerprint density at radius 1 is 1.05 bits per heavy atom. The Hall–Kier alpha value is -0.860. The van der Waals surface area contributed by atoms with Crippen molar-refractivity contribution in [2.24, 2.45) is 11.8 Å². The van der Waals surface area contributed by atoms with Crippen LogP contribution >= 0.6 is 0 Å². The molecule has 1 aromatic rings. The maximum atomic E-state index is 3.77. The van der Waals surface area contributed by atoms with E-state index >= 15 is 0 Å². The molecule has 1 unspecified atom stereocenters. The van der Waals surface area contributed by atoms with Gasteiger partial charge in [-0.1, -0.05) is 30.3 Å². The Bertz CT molecular complexity index is 476. The van der Waals surface area contributed by atoms with E-state index in [9.17, 15) is 0 Å². The van der Waals surface area contributed by atoms with E-state index in [-0.39, 0.29) is 5.54 Å². The first-order chi connectivity index (χ1) is 10.1. The zero-order valence-corrected chi connectivity index (χ0v) is 13.4. The standard InChI is InChI=1S/C19H28N2/c1-19(2)13-21(18(15-8-9-15)16-10-11-16)17(12-20-19)14-6-4-3-5-7-14/h3-7,15-18,20H,8-13H2,1-2H3. The molecule has 0 radical (unpaired) electrons. The number of piperazine rings is 1. The molecule has 1 N–H and O–H groups in total. The molecule has 3 aliphatic rings. The van der Waals surface area contributed by atoms with E-state index < -0.39 is 0 Å². The molecule has 2 saturated carbocycles. The van der Waals surface area contributed by atoms with Crippen molar-refractivity contribution in [3.63, 3.8) is 0 Å². The highest BCUT2D eigenvalue weighted by Crippen LogP contribution is 2.49. The molecule has 1 heterocycles. The van der Waals surface area contributed by atoms with Gasteiger partial charge in [0.05, 0.1) is 0 Å². The summed E-state index contributed by atoms with van der Waals surface area (Å²) >= 11 is 0. The third-order valence-electron chi connectivity index (χ3n) is 5.53. The number of hydrogen-bond acceptors (Lipinski definition) is 2. The van der Waals surface area contributed by atoms with Crippen molar-refractivity contribution < 1.29 is 0 Å². The van der Waals surface area contributed by atoms with Crippen molar-refractivity contribution in [3.05, 3.63) is 35.9 Å². The summed E-state index contributed by atoms with van der Waals surface area (Å²) in [5, 5.41) is 3.77. The lowest BCUT2D eigenvalue weighted by molar-refractivity contribution is 0.0341. The zero-order chi connectivity index (χ0) is 14.4. The first-order valence-electron chi connectivity index (χ1n) is 8.70. The average molecular weight is 284 g/mol. The molecule has 4 rings (SSSR count). The van der Waals surface area contributed by atoms with E-state index in [0.29, 0.717) is 6.04 Å². The SMILES string of the molecule is CC1(C)CN(C(C2CC2)C2CC2)C(c2ccccc2)CN1. The summed E-state index contributed by atoms with van der Waals surface area (Å²) in [7, 11) is 0. The van der Waals surface area contributed by atoms with E-state index in [1.54, 1.807) is 0 Å². The lowest BCUT2D eigenvalue weighted by Crippen LogP contribution is -2.61. The summed E-state index contributed by atoms with van der Waals surface area (Å²) < 4.78 is 0. The van der Waals surface area contributed by atoms with Crippen LogP contribution in [0.2, 0.25) is 0 Å². The molecule has 3 fully saturated rings. The second-order valence-corrected chi connectivity index (χ2v) is 8.03. The lowest BCUT2D eigenvalue weighted by atomic mass is 9.90. The fraction of sp³-hybridized carbons (Fsp3) is 0.684. The van der Waals surface area contributed by atoms with Crippen LogP contribution in [0.1, 0.15) is 51.1 Å². The van der Waals surface area contributed by atoms with Gasteiger partial charge in [-0.25, -0.2) is 0 Å². The molecule has 114 valence electrons. The molecule has 1 saturated heterocycles. The minimum atomic E-state index is 0.243. The maximum Gasteiger partial charge on any atom is 0.0476 e. The van der Waals surface area contributed by atoms with Gasteiger partial charge in [0.1, 0.15) is 0 Å². The van der Waals surface area contributed by atoms with Gasteiger partial charge in [0.25, 0.3) is 0 Å². The van der Waals surface area contributed by atoms with Crippen LogP contribution in [0.5, 0.6) is 0 Å². The van der Waals surface area contributed by atoms with Gasteiger partial charge in [-0.2, -0.15) is 0 Å². The highest BCUT2D eigenvalue weighted by molar-refractivity contribution is 5.22. The Kier molecular flexibility index (Phi) is 3.35. The average Bonchev–Trinajstić information content (AvgIpc) is 3.34. The molecule has 1 atom stereocenters. The zero-order valence-electron chi connectivity index (χ0n) is 13.4. The van der Waals surface area contributed by atoms with Gasteiger partial charge in [-0.05, 0) is 56.9 Å². The fourth-order valence-electron chi connectivity index (χ4n) is 4.21. The van der Waals surface area contributed by atoms with Crippen molar-refractivity contribution in [1.82, 2.24) is 10.2 Å². The van der Waals surface area contributed by atoms with Gasteiger partial charge in [0, 0.05) is 30.7 Å². The third-order valence-corrected chi connectivity index (χ3v) is 5.53. The van der Waals surface area contributed by atoms with Crippen molar-refractivity contribution in [2.45, 2.75) is 57.2 Å². The second-order valence-electron chi connectivity index (χ2n) is 8.03. The van der Waals surface area contributed by atoms with E-state index in [1.165, 1.54) is 37.8 Å². The van der Waals surface area contributed by atoms with Crippen LogP contribution in [0, 0.1) is 11.8 Å². The first-order valence-corrected chi connectivity index (χ1v) is 8.70. The van der Waals surface area contributed by atoms with E-state index in [0.717, 1.165) is 24.4 Å². The van der Waals surface area contributed by atoms with Crippen LogP contribution in [0.15, 0.2) is 30.3 Å². The minimum Gasteiger partial charge on any atom is -0.309 e. The second kappa shape index (κ2) is 5.10. The lowest BCUT2D eigenvalue weighted by Gasteiger charge is -2.49. The van der Waals surface area contributed by atoms with Crippen molar-refractivity contribution in [3.8, 4) is 0 Å². The maximum absolute atomic E-state index is 3.77. The highest BCUT2D eigenvalue weighted by Gasteiger charge is 2.48. The molecule has 2 aliphatic carbocycles. The molecule has 0 aromatic heterocycles. The Balaban J connectivity index is 1.64. The molecule has 1 aromatic carbocycles. The number of hydrogen-bond donors (Lipinski definition) is 1. The predicted molar refractivity (Wildman–Crippen MR) is 87.2 cm³/mol. The van der Waals surface area contributed by atoms with Crippen LogP contribution in [0.3, 0.4) is 0 Å². The van der Waals surface area contributed by atoms with Crippen LogP contribution in [0.25, 0.3) is 0 Å². The van der Waals surface area contributed by atoms with Gasteiger partial charge in [-0.3, -0.25) is 4.90 Å². The molecule has 2 heteroatoms. The summed E-state index contributed by atoms with van der Waals surface area (Å²) in [6.07, 6.45) is 5.86. The highest BCUT2D eigenvalue weighted by atomic mass is 15.3. The summed E-state index contributed by atoms with van der Waals surface area (Å²) in [6.45, 7) is 6.99.